The second-order valence-corrected chi connectivity index (χ2v) is 6.27. The lowest BCUT2D eigenvalue weighted by Gasteiger charge is -2.40. The number of aliphatic hydroxyl groups is 1. The van der Waals surface area contributed by atoms with Crippen LogP contribution in [0.15, 0.2) is 12.2 Å². The van der Waals surface area contributed by atoms with Gasteiger partial charge in [-0.1, -0.05) is 12.2 Å². The van der Waals surface area contributed by atoms with Crippen LogP contribution in [0.4, 0.5) is 0 Å². The summed E-state index contributed by atoms with van der Waals surface area (Å²) < 4.78 is 0. The zero-order chi connectivity index (χ0) is 9.50. The highest BCUT2D eigenvalue weighted by Crippen LogP contribution is 2.67. The summed E-state index contributed by atoms with van der Waals surface area (Å²) >= 11 is 0. The van der Waals surface area contributed by atoms with Crippen LogP contribution in [0.2, 0.25) is 0 Å². The minimum atomic E-state index is -0.329. The average molecular weight is 190 g/mol. The fourth-order valence-corrected chi connectivity index (χ4v) is 5.34. The van der Waals surface area contributed by atoms with E-state index in [1.807, 2.05) is 0 Å². The van der Waals surface area contributed by atoms with Crippen LogP contribution in [0.1, 0.15) is 26.2 Å². The monoisotopic (exact) mass is 190 g/mol. The van der Waals surface area contributed by atoms with E-state index < -0.39 is 0 Å². The molecule has 76 valence electrons. The summed E-state index contributed by atoms with van der Waals surface area (Å²) in [5, 5.41) is 10.3. The maximum absolute atomic E-state index is 10.3. The van der Waals surface area contributed by atoms with Crippen molar-refractivity contribution in [2.45, 2.75) is 31.8 Å². The molecule has 4 aliphatic rings. The largest absolute Gasteiger partial charge is 0.390 e. The molecule has 3 saturated carbocycles. The Morgan fingerprint density at radius 1 is 1.14 bits per heavy atom. The van der Waals surface area contributed by atoms with Crippen LogP contribution in [0, 0.1) is 35.5 Å². The molecule has 4 rings (SSSR count). The van der Waals surface area contributed by atoms with Gasteiger partial charge in [0.1, 0.15) is 0 Å². The number of rotatable bonds is 0. The Morgan fingerprint density at radius 2 is 1.86 bits per heavy atom. The van der Waals surface area contributed by atoms with Gasteiger partial charge in [-0.2, -0.15) is 0 Å². The molecule has 0 radical (unpaired) electrons. The van der Waals surface area contributed by atoms with Crippen LogP contribution in [0.25, 0.3) is 0 Å². The van der Waals surface area contributed by atoms with Crippen LogP contribution in [0.3, 0.4) is 0 Å². The molecule has 1 nitrogen and oxygen atoms in total. The molecule has 0 aromatic carbocycles. The zero-order valence-corrected chi connectivity index (χ0v) is 8.69. The normalized spacial score (nSPS) is 67.9. The summed E-state index contributed by atoms with van der Waals surface area (Å²) in [6.07, 6.45) is 8.69. The SMILES string of the molecule is CC1(O)CC2CC1C1C3C=CC(C3)C21. The fraction of sp³-hybridized carbons (Fsp3) is 0.846. The highest BCUT2D eigenvalue weighted by atomic mass is 16.3. The molecule has 0 aromatic heterocycles. The lowest BCUT2D eigenvalue weighted by atomic mass is 9.68. The van der Waals surface area contributed by atoms with Crippen molar-refractivity contribution in [2.24, 2.45) is 35.5 Å². The summed E-state index contributed by atoms with van der Waals surface area (Å²) in [5.74, 6) is 4.98. The van der Waals surface area contributed by atoms with Crippen molar-refractivity contribution in [2.75, 3.05) is 0 Å². The summed E-state index contributed by atoms with van der Waals surface area (Å²) in [7, 11) is 0. The molecule has 0 spiro atoms. The van der Waals surface area contributed by atoms with Gasteiger partial charge >= 0.3 is 0 Å². The Balaban J connectivity index is 1.79. The van der Waals surface area contributed by atoms with Gasteiger partial charge in [0, 0.05) is 0 Å². The van der Waals surface area contributed by atoms with E-state index >= 15 is 0 Å². The summed E-state index contributed by atoms with van der Waals surface area (Å²) in [5.41, 5.74) is -0.329. The predicted molar refractivity (Wildman–Crippen MR) is 54.6 cm³/mol. The maximum atomic E-state index is 10.3. The van der Waals surface area contributed by atoms with E-state index in [0.29, 0.717) is 5.92 Å². The van der Waals surface area contributed by atoms with Gasteiger partial charge in [0.05, 0.1) is 5.60 Å². The van der Waals surface area contributed by atoms with Gasteiger partial charge in [0.2, 0.25) is 0 Å². The lowest BCUT2D eigenvalue weighted by Crippen LogP contribution is -2.41. The second-order valence-electron chi connectivity index (χ2n) is 6.27. The van der Waals surface area contributed by atoms with Gasteiger partial charge in [-0.05, 0) is 61.7 Å². The van der Waals surface area contributed by atoms with Crippen LogP contribution in [-0.4, -0.2) is 10.7 Å². The number of hydrogen-bond acceptors (Lipinski definition) is 1. The first-order chi connectivity index (χ1) is 6.67. The van der Waals surface area contributed by atoms with Gasteiger partial charge in [0.25, 0.3) is 0 Å². The van der Waals surface area contributed by atoms with Gasteiger partial charge < -0.3 is 5.11 Å². The fourth-order valence-electron chi connectivity index (χ4n) is 5.34. The van der Waals surface area contributed by atoms with E-state index in [2.05, 4.69) is 19.1 Å². The van der Waals surface area contributed by atoms with E-state index in [1.165, 1.54) is 12.8 Å². The molecule has 0 aliphatic heterocycles. The van der Waals surface area contributed by atoms with E-state index in [0.717, 1.165) is 36.0 Å². The molecule has 0 aromatic rings. The average Bonchev–Trinajstić information content (AvgIpc) is 2.73. The molecule has 1 N–H and O–H groups in total. The van der Waals surface area contributed by atoms with E-state index in [9.17, 15) is 5.11 Å². The highest BCUT2D eigenvalue weighted by molar-refractivity contribution is 5.22. The number of allylic oxidation sites excluding steroid dienone is 2. The van der Waals surface area contributed by atoms with Crippen LogP contribution in [-0.2, 0) is 0 Å². The third-order valence-corrected chi connectivity index (χ3v) is 5.62. The standard InChI is InChI=1S/C13H18O/c1-13(14)6-9-5-10(13)12-8-3-2-7(4-8)11(9)12/h2-3,7-12,14H,4-6H2,1H3. The Morgan fingerprint density at radius 3 is 2.64 bits per heavy atom. The molecule has 4 bridgehead atoms. The molecular formula is C13H18O. The Hall–Kier alpha value is -0.300. The zero-order valence-electron chi connectivity index (χ0n) is 8.69. The van der Waals surface area contributed by atoms with Crippen LogP contribution in [0.5, 0.6) is 0 Å². The van der Waals surface area contributed by atoms with Crippen molar-refractivity contribution in [3.05, 3.63) is 12.2 Å². The first-order valence-corrected chi connectivity index (χ1v) is 6.07. The van der Waals surface area contributed by atoms with Gasteiger partial charge in [0.15, 0.2) is 0 Å². The third kappa shape index (κ3) is 0.701. The quantitative estimate of drug-likeness (QED) is 0.458. The number of hydrogen-bond donors (Lipinski definition) is 1. The Labute approximate surface area is 85.2 Å². The van der Waals surface area contributed by atoms with Crippen LogP contribution >= 0.6 is 0 Å². The summed E-state index contributed by atoms with van der Waals surface area (Å²) in [4.78, 5) is 0. The molecule has 7 unspecified atom stereocenters. The smallest absolute Gasteiger partial charge is 0.0653 e. The minimum absolute atomic E-state index is 0.329. The Bertz CT molecular complexity index is 317. The molecule has 0 heterocycles. The van der Waals surface area contributed by atoms with Crippen molar-refractivity contribution in [3.63, 3.8) is 0 Å². The third-order valence-electron chi connectivity index (χ3n) is 5.62. The number of fused-ring (bicyclic) bond motifs is 9. The maximum Gasteiger partial charge on any atom is 0.0653 e. The van der Waals surface area contributed by atoms with E-state index in [1.54, 1.807) is 0 Å². The van der Waals surface area contributed by atoms with Crippen molar-refractivity contribution in [1.29, 1.82) is 0 Å². The van der Waals surface area contributed by atoms with Crippen LogP contribution < -0.4 is 0 Å². The predicted octanol–water partition coefficient (Wildman–Crippen LogP) is 2.22. The van der Waals surface area contributed by atoms with Crippen molar-refractivity contribution in [3.8, 4) is 0 Å². The van der Waals surface area contributed by atoms with Gasteiger partial charge in [-0.25, -0.2) is 0 Å². The highest BCUT2D eigenvalue weighted by Gasteiger charge is 2.64. The van der Waals surface area contributed by atoms with E-state index in [4.69, 9.17) is 0 Å². The van der Waals surface area contributed by atoms with E-state index in [-0.39, 0.29) is 5.60 Å². The first kappa shape index (κ1) is 7.92. The Kier molecular flexibility index (Phi) is 1.19. The molecule has 4 aliphatic carbocycles. The molecule has 3 fully saturated rings. The van der Waals surface area contributed by atoms with Crippen molar-refractivity contribution >= 4 is 0 Å². The topological polar surface area (TPSA) is 20.2 Å². The minimum Gasteiger partial charge on any atom is -0.390 e. The molecule has 0 saturated heterocycles. The molecular weight excluding hydrogens is 172 g/mol. The molecule has 7 atom stereocenters. The molecule has 14 heavy (non-hydrogen) atoms. The lowest BCUT2D eigenvalue weighted by molar-refractivity contribution is -0.0392. The van der Waals surface area contributed by atoms with Crippen molar-refractivity contribution in [1.82, 2.24) is 0 Å². The molecule has 1 heteroatoms. The second kappa shape index (κ2) is 2.11. The summed E-state index contributed by atoms with van der Waals surface area (Å²) in [6, 6.07) is 0. The van der Waals surface area contributed by atoms with Gasteiger partial charge in [-0.15, -0.1) is 0 Å². The first-order valence-electron chi connectivity index (χ1n) is 6.07. The van der Waals surface area contributed by atoms with Crippen molar-refractivity contribution < 1.29 is 5.11 Å². The van der Waals surface area contributed by atoms with Gasteiger partial charge in [-0.3, -0.25) is 0 Å². The molecule has 0 amide bonds. The summed E-state index contributed by atoms with van der Waals surface area (Å²) in [6.45, 7) is 2.07.